The first kappa shape index (κ1) is 24.4. The second kappa shape index (κ2) is 8.67. The lowest BCUT2D eigenvalue weighted by atomic mass is 9.82. The molecule has 2 heterocycles. The Kier molecular flexibility index (Phi) is 4.93. The van der Waals surface area contributed by atoms with E-state index in [1.807, 2.05) is 17.4 Å². The summed E-state index contributed by atoms with van der Waals surface area (Å²) in [5.41, 5.74) is 11.7. The van der Waals surface area contributed by atoms with Gasteiger partial charge in [-0.25, -0.2) is 4.85 Å². The Hall–Kier alpha value is -5.17. The summed E-state index contributed by atoms with van der Waals surface area (Å²) in [4.78, 5) is 3.87. The lowest BCUT2D eigenvalue weighted by molar-refractivity contribution is 0.661. The van der Waals surface area contributed by atoms with E-state index >= 15 is 0 Å². The van der Waals surface area contributed by atoms with Gasteiger partial charge in [0.05, 0.1) is 23.3 Å². The van der Waals surface area contributed by atoms with Crippen LogP contribution in [0, 0.1) is 6.57 Å². The molecule has 0 aliphatic heterocycles. The summed E-state index contributed by atoms with van der Waals surface area (Å²) in [6.45, 7) is 12.6. The van der Waals surface area contributed by atoms with Crippen molar-refractivity contribution in [2.75, 3.05) is 0 Å². The molecule has 202 valence electrons. The molecule has 3 heteroatoms. The second-order valence-electron chi connectivity index (χ2n) is 12.0. The Morgan fingerprint density at radius 3 is 2.05 bits per heavy atom. The monoisotopic (exact) mass is 566 g/mol. The molecule has 8 aromatic rings. The molecule has 0 spiro atoms. The zero-order valence-corrected chi connectivity index (χ0v) is 24.7. The van der Waals surface area contributed by atoms with Crippen LogP contribution in [0.4, 0.5) is 5.69 Å². The Morgan fingerprint density at radius 2 is 1.28 bits per heavy atom. The van der Waals surface area contributed by atoms with E-state index in [0.29, 0.717) is 5.69 Å². The quantitative estimate of drug-likeness (QED) is 0.184. The molecule has 6 aromatic carbocycles. The van der Waals surface area contributed by atoms with Crippen LogP contribution in [-0.4, -0.2) is 4.57 Å². The highest BCUT2D eigenvalue weighted by molar-refractivity contribution is 7.26. The summed E-state index contributed by atoms with van der Waals surface area (Å²) in [6.07, 6.45) is 0. The molecule has 0 unspecified atom stereocenters. The van der Waals surface area contributed by atoms with Gasteiger partial charge in [0, 0.05) is 36.4 Å². The smallest absolute Gasteiger partial charge is 0.188 e. The van der Waals surface area contributed by atoms with Crippen molar-refractivity contribution in [2.24, 2.45) is 0 Å². The number of aromatic nitrogens is 1. The van der Waals surface area contributed by atoms with Crippen molar-refractivity contribution in [3.8, 4) is 27.9 Å². The predicted molar refractivity (Wildman–Crippen MR) is 183 cm³/mol. The molecule has 1 aliphatic rings. The average molecular weight is 567 g/mol. The number of benzene rings is 6. The Bertz CT molecular complexity index is 2450. The lowest BCUT2D eigenvalue weighted by Gasteiger charge is -2.21. The first-order valence-corrected chi connectivity index (χ1v) is 15.5. The summed E-state index contributed by atoms with van der Waals surface area (Å²) < 4.78 is 4.95. The topological polar surface area (TPSA) is 9.29 Å². The van der Waals surface area contributed by atoms with Crippen LogP contribution in [0.1, 0.15) is 25.0 Å². The number of para-hydroxylation sites is 2. The van der Waals surface area contributed by atoms with Gasteiger partial charge in [-0.3, -0.25) is 0 Å². The molecular formula is C40H26N2S. The summed E-state index contributed by atoms with van der Waals surface area (Å²) in [7, 11) is 0. The molecule has 2 aromatic heterocycles. The van der Waals surface area contributed by atoms with Gasteiger partial charge in [0.2, 0.25) is 0 Å². The summed E-state index contributed by atoms with van der Waals surface area (Å²) >= 11 is 1.87. The molecule has 1 aliphatic carbocycles. The molecule has 0 saturated carbocycles. The fraction of sp³-hybridized carbons (Fsp3) is 0.0750. The van der Waals surface area contributed by atoms with Crippen LogP contribution in [0.15, 0.2) is 121 Å². The molecule has 0 atom stereocenters. The third kappa shape index (κ3) is 3.27. The van der Waals surface area contributed by atoms with Crippen LogP contribution in [0.5, 0.6) is 0 Å². The van der Waals surface area contributed by atoms with E-state index in [4.69, 9.17) is 6.57 Å². The lowest BCUT2D eigenvalue weighted by Crippen LogP contribution is -2.14. The average Bonchev–Trinajstić information content (AvgIpc) is 3.66. The van der Waals surface area contributed by atoms with E-state index in [1.54, 1.807) is 0 Å². The third-order valence-corrected chi connectivity index (χ3v) is 10.5. The van der Waals surface area contributed by atoms with E-state index in [2.05, 4.69) is 139 Å². The van der Waals surface area contributed by atoms with Crippen molar-refractivity contribution < 1.29 is 0 Å². The van der Waals surface area contributed by atoms with Gasteiger partial charge < -0.3 is 4.57 Å². The normalized spacial score (nSPS) is 13.5. The minimum absolute atomic E-state index is 0.0349. The number of nitrogens with zero attached hydrogens (tertiary/aromatic N) is 2. The summed E-state index contributed by atoms with van der Waals surface area (Å²) in [5.74, 6) is 0. The molecule has 2 nitrogen and oxygen atoms in total. The van der Waals surface area contributed by atoms with E-state index in [-0.39, 0.29) is 5.41 Å². The van der Waals surface area contributed by atoms with Crippen LogP contribution in [-0.2, 0) is 5.41 Å². The fourth-order valence-corrected chi connectivity index (χ4v) is 8.58. The van der Waals surface area contributed by atoms with Crippen LogP contribution < -0.4 is 0 Å². The maximum Gasteiger partial charge on any atom is 0.188 e. The highest BCUT2D eigenvalue weighted by Crippen LogP contribution is 2.52. The van der Waals surface area contributed by atoms with E-state index < -0.39 is 0 Å². The Morgan fingerprint density at radius 1 is 0.581 bits per heavy atom. The number of thiophene rings is 1. The van der Waals surface area contributed by atoms with Crippen molar-refractivity contribution >= 4 is 59.0 Å². The van der Waals surface area contributed by atoms with Gasteiger partial charge in [-0.1, -0.05) is 92.7 Å². The van der Waals surface area contributed by atoms with Crippen LogP contribution in [0.3, 0.4) is 0 Å². The highest BCUT2D eigenvalue weighted by atomic mass is 32.1. The molecule has 0 fully saturated rings. The summed E-state index contributed by atoms with van der Waals surface area (Å²) in [5, 5.41) is 5.00. The maximum atomic E-state index is 7.88. The Balaban J connectivity index is 1.39. The number of rotatable bonds is 2. The summed E-state index contributed by atoms with van der Waals surface area (Å²) in [6, 6.07) is 43.8. The van der Waals surface area contributed by atoms with Gasteiger partial charge in [0.1, 0.15) is 0 Å². The molecule has 43 heavy (non-hydrogen) atoms. The number of hydrogen-bond acceptors (Lipinski definition) is 1. The standard InChI is InChI=1S/C40H26N2S/c1-40(2)32-15-7-4-11-25(32)29-22-31-38(23-33(29)40)43-37-18-10-14-28(39(31)37)30-21-24(41-3)19-20-36(30)42-34-16-8-5-12-26(34)27-13-6-9-17-35(27)42/h4-23H,1-2H3. The van der Waals surface area contributed by atoms with Gasteiger partial charge in [0.15, 0.2) is 5.69 Å². The molecule has 0 amide bonds. The minimum atomic E-state index is -0.0349. The minimum Gasteiger partial charge on any atom is -0.309 e. The highest BCUT2D eigenvalue weighted by Gasteiger charge is 2.35. The van der Waals surface area contributed by atoms with Crippen molar-refractivity contribution in [1.82, 2.24) is 4.57 Å². The van der Waals surface area contributed by atoms with Gasteiger partial charge >= 0.3 is 0 Å². The van der Waals surface area contributed by atoms with E-state index in [1.165, 1.54) is 64.2 Å². The zero-order valence-electron chi connectivity index (χ0n) is 23.8. The first-order chi connectivity index (χ1) is 21.0. The van der Waals surface area contributed by atoms with Crippen LogP contribution >= 0.6 is 11.3 Å². The fourth-order valence-electron chi connectivity index (χ4n) is 7.43. The van der Waals surface area contributed by atoms with Gasteiger partial charge in [-0.15, -0.1) is 11.3 Å². The van der Waals surface area contributed by atoms with Gasteiger partial charge in [-0.2, -0.15) is 0 Å². The van der Waals surface area contributed by atoms with Crippen molar-refractivity contribution in [2.45, 2.75) is 19.3 Å². The van der Waals surface area contributed by atoms with Crippen LogP contribution in [0.25, 0.3) is 74.8 Å². The molecule has 0 radical (unpaired) electrons. The third-order valence-electron chi connectivity index (χ3n) is 9.42. The van der Waals surface area contributed by atoms with Crippen molar-refractivity contribution in [3.05, 3.63) is 144 Å². The number of fused-ring (bicyclic) bond motifs is 9. The first-order valence-electron chi connectivity index (χ1n) is 14.6. The maximum absolute atomic E-state index is 7.88. The molecule has 0 saturated heterocycles. The predicted octanol–water partition coefficient (Wildman–Crippen LogP) is 11.7. The molecule has 0 bridgehead atoms. The molecular weight excluding hydrogens is 541 g/mol. The Labute approximate surface area is 253 Å². The van der Waals surface area contributed by atoms with E-state index in [0.717, 1.165) is 16.8 Å². The molecule has 0 N–H and O–H groups in total. The number of hydrogen-bond donors (Lipinski definition) is 0. The second-order valence-corrected chi connectivity index (χ2v) is 13.1. The molecule has 9 rings (SSSR count). The van der Waals surface area contributed by atoms with Crippen molar-refractivity contribution in [3.63, 3.8) is 0 Å². The zero-order chi connectivity index (χ0) is 28.9. The van der Waals surface area contributed by atoms with Gasteiger partial charge in [-0.05, 0) is 75.8 Å². The SMILES string of the molecule is [C-]#[N+]c1ccc(-n2c3ccccc3c3ccccc32)c(-c2cccc3sc4cc5c(cc4c23)-c2ccccc2C5(C)C)c1. The van der Waals surface area contributed by atoms with E-state index in [9.17, 15) is 0 Å². The van der Waals surface area contributed by atoms with Crippen LogP contribution in [0.2, 0.25) is 0 Å². The van der Waals surface area contributed by atoms with Crippen molar-refractivity contribution in [1.29, 1.82) is 0 Å². The van der Waals surface area contributed by atoms with Gasteiger partial charge in [0.25, 0.3) is 0 Å². The largest absolute Gasteiger partial charge is 0.309 e.